The van der Waals surface area contributed by atoms with Gasteiger partial charge in [-0.3, -0.25) is 9.59 Å². The van der Waals surface area contributed by atoms with Gasteiger partial charge in [-0.15, -0.1) is 0 Å². The zero-order chi connectivity index (χ0) is 23.9. The van der Waals surface area contributed by atoms with Crippen LogP contribution in [0.4, 0.5) is 5.69 Å². The Hall–Kier alpha value is -3.35. The number of amides is 2. The van der Waals surface area contributed by atoms with Gasteiger partial charge in [0.1, 0.15) is 5.75 Å². The smallest absolute Gasteiger partial charge is 0.337 e. The molecule has 2 amide bonds. The van der Waals surface area contributed by atoms with Gasteiger partial charge in [-0.2, -0.15) is 0 Å². The number of rotatable bonds is 7. The molecule has 4 aliphatic carbocycles. The van der Waals surface area contributed by atoms with Crippen LogP contribution in [0.2, 0.25) is 0 Å². The standard InChI is InChI=1S/C27H30N2O5/c1-33-24(31)19-3-2-4-21(10-19)29-23(30)15-34-22-7-5-20(6-8-22)26-11-17-9-18(12-26)14-27(13-17,16-26)25(28)32/h2-8,10,17-18H,9,11-16H2,1H3,(H2,28,32)(H,29,30). The number of nitrogens with two attached hydrogens (primary N) is 1. The molecule has 2 atom stereocenters. The Bertz CT molecular complexity index is 1110. The van der Waals surface area contributed by atoms with Crippen LogP contribution in [0.3, 0.4) is 0 Å². The van der Waals surface area contributed by atoms with Crippen molar-refractivity contribution in [2.24, 2.45) is 23.0 Å². The van der Waals surface area contributed by atoms with E-state index in [9.17, 15) is 14.4 Å². The van der Waals surface area contributed by atoms with Gasteiger partial charge in [0.05, 0.1) is 18.1 Å². The Morgan fingerprint density at radius 1 is 1.03 bits per heavy atom. The predicted molar refractivity (Wildman–Crippen MR) is 126 cm³/mol. The molecule has 0 aliphatic heterocycles. The maximum absolute atomic E-state index is 12.4. The van der Waals surface area contributed by atoms with Crippen molar-refractivity contribution in [2.45, 2.75) is 43.9 Å². The molecule has 0 saturated heterocycles. The van der Waals surface area contributed by atoms with Crippen LogP contribution in [0, 0.1) is 17.3 Å². The van der Waals surface area contributed by atoms with Crippen LogP contribution in [0.1, 0.15) is 54.4 Å². The number of carbonyl (C=O) groups is 3. The summed E-state index contributed by atoms with van der Waals surface area (Å²) in [5.74, 6) is 0.839. The number of anilines is 1. The molecule has 2 aromatic carbocycles. The second-order valence-corrected chi connectivity index (χ2v) is 10.3. The van der Waals surface area contributed by atoms with Gasteiger partial charge < -0.3 is 20.5 Å². The predicted octanol–water partition coefficient (Wildman–Crippen LogP) is 3.81. The summed E-state index contributed by atoms with van der Waals surface area (Å²) in [4.78, 5) is 36.4. The Labute approximate surface area is 199 Å². The average Bonchev–Trinajstić information content (AvgIpc) is 2.82. The van der Waals surface area contributed by atoms with Crippen LogP contribution >= 0.6 is 0 Å². The zero-order valence-corrected chi connectivity index (χ0v) is 19.3. The van der Waals surface area contributed by atoms with E-state index in [-0.39, 0.29) is 29.3 Å². The van der Waals surface area contributed by atoms with E-state index in [1.54, 1.807) is 24.3 Å². The van der Waals surface area contributed by atoms with Gasteiger partial charge in [0.25, 0.3) is 5.91 Å². The fourth-order valence-corrected chi connectivity index (χ4v) is 6.98. The van der Waals surface area contributed by atoms with Gasteiger partial charge >= 0.3 is 5.97 Å². The number of nitrogens with one attached hydrogen (secondary N) is 1. The molecule has 3 N–H and O–H groups in total. The molecule has 0 heterocycles. The maximum atomic E-state index is 12.4. The van der Waals surface area contributed by atoms with Crippen molar-refractivity contribution >= 4 is 23.5 Å². The van der Waals surface area contributed by atoms with Gasteiger partial charge in [0.15, 0.2) is 6.61 Å². The summed E-state index contributed by atoms with van der Waals surface area (Å²) in [5, 5.41) is 2.73. The molecule has 7 nitrogen and oxygen atoms in total. The van der Waals surface area contributed by atoms with E-state index >= 15 is 0 Å². The molecule has 6 rings (SSSR count). The van der Waals surface area contributed by atoms with Gasteiger partial charge in [-0.25, -0.2) is 4.79 Å². The van der Waals surface area contributed by atoms with Crippen LogP contribution in [0.25, 0.3) is 0 Å². The monoisotopic (exact) mass is 462 g/mol. The van der Waals surface area contributed by atoms with E-state index in [4.69, 9.17) is 15.2 Å². The third-order valence-electron chi connectivity index (χ3n) is 7.99. The lowest BCUT2D eigenvalue weighted by Crippen LogP contribution is -2.58. The molecule has 4 aliphatic rings. The van der Waals surface area contributed by atoms with Crippen molar-refractivity contribution < 1.29 is 23.9 Å². The zero-order valence-electron chi connectivity index (χ0n) is 19.3. The normalized spacial score (nSPS) is 28.9. The van der Waals surface area contributed by atoms with E-state index in [0.717, 1.165) is 32.1 Å². The number of benzene rings is 2. The van der Waals surface area contributed by atoms with Crippen molar-refractivity contribution in [3.05, 3.63) is 59.7 Å². The molecule has 2 aromatic rings. The van der Waals surface area contributed by atoms with Crippen LogP contribution in [-0.2, 0) is 19.7 Å². The van der Waals surface area contributed by atoms with Crippen LogP contribution in [0.15, 0.2) is 48.5 Å². The lowest BCUT2D eigenvalue weighted by atomic mass is 9.42. The lowest BCUT2D eigenvalue weighted by molar-refractivity contribution is -0.145. The van der Waals surface area contributed by atoms with Crippen molar-refractivity contribution in [3.63, 3.8) is 0 Å². The Balaban J connectivity index is 1.22. The SMILES string of the molecule is COC(=O)c1cccc(NC(=O)COc2ccc(C34CC5CC(CC(C(N)=O)(C5)C3)C4)cc2)c1. The summed E-state index contributed by atoms with van der Waals surface area (Å²) < 4.78 is 10.4. The van der Waals surface area contributed by atoms with E-state index in [1.807, 2.05) is 12.1 Å². The van der Waals surface area contributed by atoms with Gasteiger partial charge in [-0.05, 0) is 91.7 Å². The summed E-state index contributed by atoms with van der Waals surface area (Å²) in [6.07, 6.45) is 6.18. The first-order chi connectivity index (χ1) is 16.3. The van der Waals surface area contributed by atoms with Crippen molar-refractivity contribution in [3.8, 4) is 5.75 Å². The fourth-order valence-electron chi connectivity index (χ4n) is 6.98. The molecule has 178 valence electrons. The Kier molecular flexibility index (Phi) is 5.58. The number of hydrogen-bond donors (Lipinski definition) is 2. The molecule has 0 aromatic heterocycles. The second kappa shape index (κ2) is 8.46. The third kappa shape index (κ3) is 4.04. The Morgan fingerprint density at radius 2 is 1.74 bits per heavy atom. The molecular formula is C27H30N2O5. The van der Waals surface area contributed by atoms with Crippen LogP contribution in [-0.4, -0.2) is 31.5 Å². The maximum Gasteiger partial charge on any atom is 0.337 e. The summed E-state index contributed by atoms with van der Waals surface area (Å²) in [6, 6.07) is 14.5. The molecule has 4 bridgehead atoms. The van der Waals surface area contributed by atoms with E-state index in [2.05, 4.69) is 17.4 Å². The van der Waals surface area contributed by atoms with E-state index in [1.165, 1.54) is 19.1 Å². The lowest BCUT2D eigenvalue weighted by Gasteiger charge is -2.61. The number of methoxy groups -OCH3 is 1. The number of esters is 1. The van der Waals surface area contributed by atoms with E-state index < -0.39 is 5.97 Å². The number of carbonyl (C=O) groups excluding carboxylic acids is 3. The minimum atomic E-state index is -0.465. The molecule has 0 radical (unpaired) electrons. The summed E-state index contributed by atoms with van der Waals surface area (Å²) in [5.41, 5.74) is 7.65. The van der Waals surface area contributed by atoms with Crippen LogP contribution < -0.4 is 15.8 Å². The number of primary amides is 1. The minimum absolute atomic E-state index is 0.0136. The first kappa shape index (κ1) is 22.4. The highest BCUT2D eigenvalue weighted by Crippen LogP contribution is 2.65. The first-order valence-corrected chi connectivity index (χ1v) is 11.8. The highest BCUT2D eigenvalue weighted by molar-refractivity contribution is 5.95. The van der Waals surface area contributed by atoms with Crippen molar-refractivity contribution in [1.29, 1.82) is 0 Å². The Morgan fingerprint density at radius 3 is 2.38 bits per heavy atom. The molecule has 4 saturated carbocycles. The number of ether oxygens (including phenoxy) is 2. The largest absolute Gasteiger partial charge is 0.484 e. The topological polar surface area (TPSA) is 108 Å². The van der Waals surface area contributed by atoms with Crippen molar-refractivity contribution in [1.82, 2.24) is 0 Å². The van der Waals surface area contributed by atoms with Gasteiger partial charge in [0, 0.05) is 5.69 Å². The molecular weight excluding hydrogens is 432 g/mol. The third-order valence-corrected chi connectivity index (χ3v) is 7.99. The van der Waals surface area contributed by atoms with Crippen LogP contribution in [0.5, 0.6) is 5.75 Å². The molecule has 2 unspecified atom stereocenters. The van der Waals surface area contributed by atoms with Gasteiger partial charge in [-0.1, -0.05) is 18.2 Å². The molecule has 7 heteroatoms. The second-order valence-electron chi connectivity index (χ2n) is 10.3. The minimum Gasteiger partial charge on any atom is -0.484 e. The summed E-state index contributed by atoms with van der Waals surface area (Å²) in [7, 11) is 1.31. The highest BCUT2D eigenvalue weighted by Gasteiger charge is 2.60. The number of hydrogen-bond acceptors (Lipinski definition) is 5. The fraction of sp³-hybridized carbons (Fsp3) is 0.444. The van der Waals surface area contributed by atoms with Gasteiger partial charge in [0.2, 0.25) is 5.91 Å². The average molecular weight is 463 g/mol. The molecule has 0 spiro atoms. The van der Waals surface area contributed by atoms with E-state index in [0.29, 0.717) is 28.8 Å². The molecule has 34 heavy (non-hydrogen) atoms. The summed E-state index contributed by atoms with van der Waals surface area (Å²) >= 11 is 0. The first-order valence-electron chi connectivity index (χ1n) is 11.8. The van der Waals surface area contributed by atoms with Crippen molar-refractivity contribution in [2.75, 3.05) is 19.0 Å². The quantitative estimate of drug-likeness (QED) is 0.609. The highest BCUT2D eigenvalue weighted by atomic mass is 16.5. The molecule has 4 fully saturated rings. The summed E-state index contributed by atoms with van der Waals surface area (Å²) in [6.45, 7) is -0.151.